The molecule has 0 aromatic heterocycles. The predicted octanol–water partition coefficient (Wildman–Crippen LogP) is 1.78. The van der Waals surface area contributed by atoms with Crippen LogP contribution in [-0.2, 0) is 0 Å². The van der Waals surface area contributed by atoms with Crippen LogP contribution in [0.4, 0.5) is 0 Å². The van der Waals surface area contributed by atoms with Crippen LogP contribution < -0.4 is 4.74 Å². The second-order valence-electron chi connectivity index (χ2n) is 5.36. The monoisotopic (exact) mass is 260 g/mol. The van der Waals surface area contributed by atoms with Crippen LogP contribution in [0.5, 0.6) is 5.75 Å². The molecule has 0 spiro atoms. The van der Waals surface area contributed by atoms with Gasteiger partial charge in [0.05, 0.1) is 17.2 Å². The Morgan fingerprint density at radius 2 is 2.16 bits per heavy atom. The molecule has 0 bridgehead atoms. The van der Waals surface area contributed by atoms with Gasteiger partial charge < -0.3 is 9.84 Å². The Labute approximate surface area is 114 Å². The highest BCUT2D eigenvalue weighted by atomic mass is 16.5. The van der Waals surface area contributed by atoms with Crippen LogP contribution >= 0.6 is 0 Å². The third-order valence-corrected chi connectivity index (χ3v) is 3.41. The third-order valence-electron chi connectivity index (χ3n) is 3.41. The highest BCUT2D eigenvalue weighted by Gasteiger charge is 2.27. The second-order valence-corrected chi connectivity index (χ2v) is 5.36. The largest absolute Gasteiger partial charge is 0.492 e. The van der Waals surface area contributed by atoms with Crippen molar-refractivity contribution in [2.45, 2.75) is 25.4 Å². The lowest BCUT2D eigenvalue weighted by Crippen LogP contribution is -2.47. The molecule has 1 aromatic rings. The van der Waals surface area contributed by atoms with E-state index in [1.807, 2.05) is 19.1 Å². The van der Waals surface area contributed by atoms with Crippen LogP contribution in [0.15, 0.2) is 24.3 Å². The Bertz CT molecular complexity index is 448. The van der Waals surface area contributed by atoms with E-state index in [0.29, 0.717) is 18.7 Å². The molecule has 1 unspecified atom stereocenters. The van der Waals surface area contributed by atoms with Crippen molar-refractivity contribution in [1.29, 1.82) is 5.26 Å². The first kappa shape index (κ1) is 13.9. The van der Waals surface area contributed by atoms with Gasteiger partial charge in [0, 0.05) is 13.1 Å². The number of piperidine rings is 1. The molecule has 0 amide bonds. The highest BCUT2D eigenvalue weighted by molar-refractivity contribution is 5.34. The molecule has 1 fully saturated rings. The van der Waals surface area contributed by atoms with Crippen molar-refractivity contribution in [2.75, 3.05) is 26.2 Å². The zero-order chi connectivity index (χ0) is 13.7. The van der Waals surface area contributed by atoms with Crippen molar-refractivity contribution >= 4 is 0 Å². The molecule has 2 rings (SSSR count). The Morgan fingerprint density at radius 1 is 1.42 bits per heavy atom. The number of benzene rings is 1. The van der Waals surface area contributed by atoms with Gasteiger partial charge in [-0.15, -0.1) is 0 Å². The van der Waals surface area contributed by atoms with E-state index in [1.165, 1.54) is 0 Å². The number of ether oxygens (including phenoxy) is 1. The number of aliphatic hydroxyl groups is 1. The molecule has 1 aliphatic rings. The number of nitrogens with zero attached hydrogens (tertiary/aromatic N) is 2. The fourth-order valence-electron chi connectivity index (χ4n) is 2.43. The summed E-state index contributed by atoms with van der Waals surface area (Å²) in [5.74, 6) is 0.780. The minimum atomic E-state index is -0.563. The van der Waals surface area contributed by atoms with E-state index in [9.17, 15) is 5.11 Å². The number of likely N-dealkylation sites (tertiary alicyclic amines) is 1. The number of rotatable bonds is 4. The maximum absolute atomic E-state index is 10.0. The van der Waals surface area contributed by atoms with Crippen molar-refractivity contribution in [3.63, 3.8) is 0 Å². The minimum Gasteiger partial charge on any atom is -0.492 e. The fourth-order valence-corrected chi connectivity index (χ4v) is 2.43. The third kappa shape index (κ3) is 4.23. The Hall–Kier alpha value is -1.57. The lowest BCUT2D eigenvalue weighted by atomic mass is 9.95. The molecule has 4 heteroatoms. The fraction of sp³-hybridized carbons (Fsp3) is 0.533. The molecular formula is C15H20N2O2. The van der Waals surface area contributed by atoms with Crippen molar-refractivity contribution in [2.24, 2.45) is 0 Å². The Kier molecular flexibility index (Phi) is 4.41. The van der Waals surface area contributed by atoms with E-state index in [4.69, 9.17) is 10.00 Å². The molecule has 1 atom stereocenters. The molecule has 1 heterocycles. The average Bonchev–Trinajstić information content (AvgIpc) is 2.38. The number of hydrogen-bond donors (Lipinski definition) is 1. The Morgan fingerprint density at radius 3 is 2.79 bits per heavy atom. The average molecular weight is 260 g/mol. The summed E-state index contributed by atoms with van der Waals surface area (Å²) >= 11 is 0. The van der Waals surface area contributed by atoms with E-state index in [-0.39, 0.29) is 0 Å². The molecule has 0 radical (unpaired) electrons. The second kappa shape index (κ2) is 6.05. The van der Waals surface area contributed by atoms with Gasteiger partial charge in [0.25, 0.3) is 0 Å². The topological polar surface area (TPSA) is 56.5 Å². The molecular weight excluding hydrogens is 240 g/mol. The van der Waals surface area contributed by atoms with Crippen LogP contribution in [0.2, 0.25) is 0 Å². The van der Waals surface area contributed by atoms with Crippen molar-refractivity contribution < 1.29 is 9.84 Å². The number of β-amino-alcohol motifs (C(OH)–C–C–N with tert-alkyl or cyclic N) is 1. The molecule has 1 aromatic carbocycles. The van der Waals surface area contributed by atoms with Crippen LogP contribution in [-0.4, -0.2) is 41.8 Å². The quantitative estimate of drug-likeness (QED) is 0.896. The van der Waals surface area contributed by atoms with Gasteiger partial charge in [0.1, 0.15) is 12.4 Å². The van der Waals surface area contributed by atoms with Crippen molar-refractivity contribution in [1.82, 2.24) is 4.90 Å². The maximum atomic E-state index is 10.0. The summed E-state index contributed by atoms with van der Waals surface area (Å²) in [5.41, 5.74) is 0.0756. The standard InChI is InChI=1S/C15H20N2O2/c1-15(18)7-2-8-17(12-15)9-10-19-14-5-3-13(11-16)4-6-14/h3-6,18H,2,7-10,12H2,1H3. The molecule has 19 heavy (non-hydrogen) atoms. The SMILES string of the molecule is CC1(O)CCCN(CCOc2ccc(C#N)cc2)C1. The molecule has 0 saturated carbocycles. The van der Waals surface area contributed by atoms with E-state index in [1.54, 1.807) is 12.1 Å². The molecule has 4 nitrogen and oxygen atoms in total. The number of hydrogen-bond acceptors (Lipinski definition) is 4. The summed E-state index contributed by atoms with van der Waals surface area (Å²) in [4.78, 5) is 2.23. The van der Waals surface area contributed by atoms with E-state index < -0.39 is 5.60 Å². The van der Waals surface area contributed by atoms with Crippen LogP contribution in [0, 0.1) is 11.3 Å². The molecule has 1 N–H and O–H groups in total. The summed E-state index contributed by atoms with van der Waals surface area (Å²) in [6.07, 6.45) is 1.91. The molecule has 0 aliphatic carbocycles. The lowest BCUT2D eigenvalue weighted by Gasteiger charge is -2.36. The van der Waals surface area contributed by atoms with Gasteiger partial charge in [-0.2, -0.15) is 5.26 Å². The van der Waals surface area contributed by atoms with Gasteiger partial charge in [-0.3, -0.25) is 4.90 Å². The first-order valence-electron chi connectivity index (χ1n) is 6.67. The van der Waals surface area contributed by atoms with Gasteiger partial charge >= 0.3 is 0 Å². The van der Waals surface area contributed by atoms with Crippen LogP contribution in [0.1, 0.15) is 25.3 Å². The van der Waals surface area contributed by atoms with Crippen molar-refractivity contribution in [3.05, 3.63) is 29.8 Å². The smallest absolute Gasteiger partial charge is 0.119 e. The summed E-state index contributed by atoms with van der Waals surface area (Å²) < 4.78 is 5.64. The normalized spacial score (nSPS) is 23.8. The number of nitriles is 1. The van der Waals surface area contributed by atoms with E-state index >= 15 is 0 Å². The zero-order valence-corrected chi connectivity index (χ0v) is 11.3. The summed E-state index contributed by atoms with van der Waals surface area (Å²) in [7, 11) is 0. The summed E-state index contributed by atoms with van der Waals surface area (Å²) in [6, 6.07) is 9.20. The van der Waals surface area contributed by atoms with E-state index in [0.717, 1.165) is 31.7 Å². The summed E-state index contributed by atoms with van der Waals surface area (Å²) in [6.45, 7) is 5.04. The maximum Gasteiger partial charge on any atom is 0.119 e. The van der Waals surface area contributed by atoms with Gasteiger partial charge in [-0.25, -0.2) is 0 Å². The van der Waals surface area contributed by atoms with E-state index in [2.05, 4.69) is 11.0 Å². The van der Waals surface area contributed by atoms with Crippen LogP contribution in [0.3, 0.4) is 0 Å². The Balaban J connectivity index is 1.75. The first-order valence-corrected chi connectivity index (χ1v) is 6.67. The predicted molar refractivity (Wildman–Crippen MR) is 72.9 cm³/mol. The molecule has 1 saturated heterocycles. The van der Waals surface area contributed by atoms with Gasteiger partial charge in [0.2, 0.25) is 0 Å². The molecule has 1 aliphatic heterocycles. The first-order chi connectivity index (χ1) is 9.09. The highest BCUT2D eigenvalue weighted by Crippen LogP contribution is 2.20. The van der Waals surface area contributed by atoms with Gasteiger partial charge in [-0.1, -0.05) is 0 Å². The minimum absolute atomic E-state index is 0.563. The van der Waals surface area contributed by atoms with Crippen molar-refractivity contribution in [3.8, 4) is 11.8 Å². The zero-order valence-electron chi connectivity index (χ0n) is 11.3. The summed E-state index contributed by atoms with van der Waals surface area (Å²) in [5, 5.41) is 18.7. The lowest BCUT2D eigenvalue weighted by molar-refractivity contribution is -0.0183. The van der Waals surface area contributed by atoms with Gasteiger partial charge in [-0.05, 0) is 50.6 Å². The van der Waals surface area contributed by atoms with Gasteiger partial charge in [0.15, 0.2) is 0 Å². The van der Waals surface area contributed by atoms with Crippen LogP contribution in [0.25, 0.3) is 0 Å². The molecule has 102 valence electrons.